The molecule has 1 aromatic heterocycles. The number of ether oxygens (including phenoxy) is 2. The van der Waals surface area contributed by atoms with E-state index in [1.165, 1.54) is 11.3 Å². The molecule has 32 heavy (non-hydrogen) atoms. The van der Waals surface area contributed by atoms with Crippen LogP contribution in [0.2, 0.25) is 0 Å². The van der Waals surface area contributed by atoms with Crippen LogP contribution < -0.4 is 15.0 Å². The molecule has 2 aliphatic heterocycles. The lowest BCUT2D eigenvalue weighted by atomic mass is 10.0. The average molecular weight is 428 g/mol. The Morgan fingerprint density at radius 1 is 1.00 bits per heavy atom. The molecule has 6 rings (SSSR count). The second kappa shape index (κ2) is 7.88. The summed E-state index contributed by atoms with van der Waals surface area (Å²) in [6.45, 7) is 1.60. The molecule has 0 saturated carbocycles. The van der Waals surface area contributed by atoms with E-state index < -0.39 is 0 Å². The first-order chi connectivity index (χ1) is 15.8. The molecule has 1 atom stereocenters. The van der Waals surface area contributed by atoms with Crippen molar-refractivity contribution in [3.63, 3.8) is 0 Å². The normalized spacial score (nSPS) is 18.5. The number of oxazole rings is 1. The summed E-state index contributed by atoms with van der Waals surface area (Å²) in [7, 11) is 1.70. The van der Waals surface area contributed by atoms with E-state index in [2.05, 4.69) is 45.5 Å². The lowest BCUT2D eigenvalue weighted by Gasteiger charge is -2.37. The molecule has 2 aliphatic rings. The minimum absolute atomic E-state index is 0.0536. The molecule has 0 spiro atoms. The Morgan fingerprint density at radius 3 is 2.59 bits per heavy atom. The summed E-state index contributed by atoms with van der Waals surface area (Å²) in [6.07, 6.45) is 2.08. The topological polar surface area (TPSA) is 59.8 Å². The Labute approximate surface area is 186 Å². The number of hydrogen-bond acceptors (Lipinski definition) is 6. The van der Waals surface area contributed by atoms with Gasteiger partial charge in [0.15, 0.2) is 5.58 Å². The van der Waals surface area contributed by atoms with E-state index in [0.717, 1.165) is 54.2 Å². The lowest BCUT2D eigenvalue weighted by Crippen LogP contribution is -2.41. The Bertz CT molecular complexity index is 1210. The molecule has 0 bridgehead atoms. The molecule has 1 fully saturated rings. The summed E-state index contributed by atoms with van der Waals surface area (Å²) in [5, 5.41) is 3.75. The minimum atomic E-state index is 0.0536. The van der Waals surface area contributed by atoms with Gasteiger partial charge in [-0.2, -0.15) is 0 Å². The van der Waals surface area contributed by atoms with Gasteiger partial charge in [0, 0.05) is 24.8 Å². The molecule has 162 valence electrons. The van der Waals surface area contributed by atoms with Crippen LogP contribution in [0.5, 0.6) is 5.75 Å². The second-order valence-electron chi connectivity index (χ2n) is 8.29. The standard InChI is InChI=1S/C26H25N3O3/c1-30-20-9-6-17(7-10-20)25-27-22-16-18(26-28-21-4-2-3-5-24(21)32-26)8-11-23(22)29(25)19-12-14-31-15-13-19/h2-11,16,19,25,27H,12-15H2,1H3. The van der Waals surface area contributed by atoms with Crippen molar-refractivity contribution in [2.75, 3.05) is 30.5 Å². The summed E-state index contributed by atoms with van der Waals surface area (Å²) in [6, 6.07) is 23.0. The predicted molar refractivity (Wildman–Crippen MR) is 125 cm³/mol. The third-order valence-electron chi connectivity index (χ3n) is 6.40. The fourth-order valence-electron chi connectivity index (χ4n) is 4.76. The van der Waals surface area contributed by atoms with Crippen molar-refractivity contribution in [3.05, 3.63) is 72.3 Å². The van der Waals surface area contributed by atoms with Gasteiger partial charge in [0.2, 0.25) is 5.89 Å². The number of methoxy groups -OCH3 is 1. The van der Waals surface area contributed by atoms with E-state index in [4.69, 9.17) is 13.9 Å². The van der Waals surface area contributed by atoms with Gasteiger partial charge in [0.1, 0.15) is 17.4 Å². The molecule has 4 aromatic rings. The van der Waals surface area contributed by atoms with Crippen LogP contribution in [-0.4, -0.2) is 31.3 Å². The molecule has 3 aromatic carbocycles. The molecule has 0 amide bonds. The first kappa shape index (κ1) is 19.2. The largest absolute Gasteiger partial charge is 0.497 e. The van der Waals surface area contributed by atoms with Crippen LogP contribution in [0.3, 0.4) is 0 Å². The minimum Gasteiger partial charge on any atom is -0.497 e. The van der Waals surface area contributed by atoms with Gasteiger partial charge in [-0.3, -0.25) is 0 Å². The molecule has 3 heterocycles. The zero-order valence-electron chi connectivity index (χ0n) is 18.0. The van der Waals surface area contributed by atoms with Crippen LogP contribution in [0.15, 0.2) is 71.1 Å². The maximum atomic E-state index is 6.01. The highest BCUT2D eigenvalue weighted by Gasteiger charge is 2.36. The predicted octanol–water partition coefficient (Wildman–Crippen LogP) is 5.61. The number of hydrogen-bond donors (Lipinski definition) is 1. The van der Waals surface area contributed by atoms with Gasteiger partial charge < -0.3 is 24.1 Å². The summed E-state index contributed by atoms with van der Waals surface area (Å²) in [4.78, 5) is 7.18. The fraction of sp³-hybridized carbons (Fsp3) is 0.269. The van der Waals surface area contributed by atoms with Crippen molar-refractivity contribution < 1.29 is 13.9 Å². The van der Waals surface area contributed by atoms with Gasteiger partial charge in [0.05, 0.1) is 18.5 Å². The molecule has 6 nitrogen and oxygen atoms in total. The van der Waals surface area contributed by atoms with Gasteiger partial charge in [-0.25, -0.2) is 4.98 Å². The van der Waals surface area contributed by atoms with Crippen LogP contribution >= 0.6 is 0 Å². The van der Waals surface area contributed by atoms with Gasteiger partial charge in [-0.15, -0.1) is 0 Å². The number of nitrogens with zero attached hydrogens (tertiary/aromatic N) is 2. The number of aromatic nitrogens is 1. The average Bonchev–Trinajstić information content (AvgIpc) is 3.46. The number of nitrogens with one attached hydrogen (secondary N) is 1. The summed E-state index contributed by atoms with van der Waals surface area (Å²) >= 11 is 0. The second-order valence-corrected chi connectivity index (χ2v) is 8.29. The van der Waals surface area contributed by atoms with Crippen molar-refractivity contribution in [3.8, 4) is 17.2 Å². The summed E-state index contributed by atoms with van der Waals surface area (Å²) in [5.41, 5.74) is 6.15. The SMILES string of the molecule is COc1ccc(C2Nc3cc(-c4nc5ccccc5o4)ccc3N2C2CCOCC2)cc1. The third kappa shape index (κ3) is 3.28. The zero-order valence-corrected chi connectivity index (χ0v) is 18.0. The van der Waals surface area contributed by atoms with Crippen LogP contribution in [0.1, 0.15) is 24.6 Å². The van der Waals surface area contributed by atoms with E-state index in [1.807, 2.05) is 36.4 Å². The zero-order chi connectivity index (χ0) is 21.5. The van der Waals surface area contributed by atoms with E-state index in [-0.39, 0.29) is 6.17 Å². The van der Waals surface area contributed by atoms with Crippen LogP contribution in [0, 0.1) is 0 Å². The first-order valence-corrected chi connectivity index (χ1v) is 11.1. The fourth-order valence-corrected chi connectivity index (χ4v) is 4.76. The maximum absolute atomic E-state index is 6.01. The Morgan fingerprint density at radius 2 is 1.81 bits per heavy atom. The molecular weight excluding hydrogens is 402 g/mol. The highest BCUT2D eigenvalue weighted by molar-refractivity contribution is 5.83. The first-order valence-electron chi connectivity index (χ1n) is 11.1. The molecule has 6 heteroatoms. The van der Waals surface area contributed by atoms with Gasteiger partial charge in [0.25, 0.3) is 0 Å². The Kier molecular flexibility index (Phi) is 4.72. The molecule has 1 N–H and O–H groups in total. The van der Waals surface area contributed by atoms with Crippen LogP contribution in [-0.2, 0) is 4.74 Å². The van der Waals surface area contributed by atoms with E-state index in [0.29, 0.717) is 11.9 Å². The molecular formula is C26H25N3O3. The number of benzene rings is 3. The Balaban J connectivity index is 1.39. The van der Waals surface area contributed by atoms with E-state index in [9.17, 15) is 0 Å². The molecule has 1 unspecified atom stereocenters. The third-order valence-corrected chi connectivity index (χ3v) is 6.40. The van der Waals surface area contributed by atoms with E-state index in [1.54, 1.807) is 7.11 Å². The van der Waals surface area contributed by atoms with Gasteiger partial charge in [-0.1, -0.05) is 24.3 Å². The summed E-state index contributed by atoms with van der Waals surface area (Å²) < 4.78 is 17.0. The van der Waals surface area contributed by atoms with Crippen molar-refractivity contribution in [1.82, 2.24) is 4.98 Å². The maximum Gasteiger partial charge on any atom is 0.227 e. The van der Waals surface area contributed by atoms with Crippen molar-refractivity contribution in [2.24, 2.45) is 0 Å². The monoisotopic (exact) mass is 427 g/mol. The quantitative estimate of drug-likeness (QED) is 0.457. The number of para-hydroxylation sites is 2. The highest BCUT2D eigenvalue weighted by atomic mass is 16.5. The number of rotatable bonds is 4. The van der Waals surface area contributed by atoms with Crippen molar-refractivity contribution in [1.29, 1.82) is 0 Å². The molecule has 1 saturated heterocycles. The molecule has 0 aliphatic carbocycles. The van der Waals surface area contributed by atoms with Crippen molar-refractivity contribution >= 4 is 22.5 Å². The number of fused-ring (bicyclic) bond motifs is 2. The van der Waals surface area contributed by atoms with Crippen LogP contribution in [0.25, 0.3) is 22.6 Å². The van der Waals surface area contributed by atoms with E-state index >= 15 is 0 Å². The lowest BCUT2D eigenvalue weighted by molar-refractivity contribution is 0.0834. The Hall–Kier alpha value is -3.51. The van der Waals surface area contributed by atoms with Crippen molar-refractivity contribution in [2.45, 2.75) is 25.0 Å². The molecule has 0 radical (unpaired) electrons. The van der Waals surface area contributed by atoms with Gasteiger partial charge >= 0.3 is 0 Å². The van der Waals surface area contributed by atoms with Crippen LogP contribution in [0.4, 0.5) is 11.4 Å². The number of anilines is 2. The smallest absolute Gasteiger partial charge is 0.227 e. The van der Waals surface area contributed by atoms with Gasteiger partial charge in [-0.05, 0) is 60.9 Å². The summed E-state index contributed by atoms with van der Waals surface area (Å²) in [5.74, 6) is 1.50. The highest BCUT2D eigenvalue weighted by Crippen LogP contribution is 2.45.